The van der Waals surface area contributed by atoms with Crippen LogP contribution in [0.15, 0.2) is 10.7 Å². The van der Waals surface area contributed by atoms with Crippen LogP contribution in [0.1, 0.15) is 19.3 Å². The van der Waals surface area contributed by atoms with Crippen LogP contribution in [0.3, 0.4) is 0 Å². The molecule has 17 heavy (non-hydrogen) atoms. The van der Waals surface area contributed by atoms with E-state index in [1.165, 1.54) is 0 Å². The lowest BCUT2D eigenvalue weighted by atomic mass is 10.0. The second-order valence-electron chi connectivity index (χ2n) is 3.92. The molecular weight excluding hydrogens is 286 g/mol. The number of nitrogens with zero attached hydrogens (tertiary/aromatic N) is 3. The van der Waals surface area contributed by atoms with E-state index in [0.29, 0.717) is 16.3 Å². The Balaban J connectivity index is 2.28. The molecule has 0 aromatic carbocycles. The molecule has 1 aromatic heterocycles. The highest BCUT2D eigenvalue weighted by molar-refractivity contribution is 9.10. The Morgan fingerprint density at radius 1 is 1.59 bits per heavy atom. The van der Waals surface area contributed by atoms with E-state index in [2.05, 4.69) is 25.9 Å². The zero-order valence-corrected chi connectivity index (χ0v) is 11.2. The van der Waals surface area contributed by atoms with Crippen LogP contribution in [0.2, 0.25) is 0 Å². The molecule has 1 aliphatic rings. The summed E-state index contributed by atoms with van der Waals surface area (Å²) in [6, 6.07) is -0.116. The van der Waals surface area contributed by atoms with Crippen LogP contribution in [-0.4, -0.2) is 36.0 Å². The van der Waals surface area contributed by atoms with Crippen molar-refractivity contribution < 1.29 is 9.53 Å². The predicted molar refractivity (Wildman–Crippen MR) is 67.3 cm³/mol. The molecule has 0 bridgehead atoms. The number of anilines is 1. The van der Waals surface area contributed by atoms with Gasteiger partial charge in [-0.05, 0) is 35.2 Å². The molecule has 1 fully saturated rings. The highest BCUT2D eigenvalue weighted by Crippen LogP contribution is 2.26. The molecule has 0 saturated carbocycles. The molecule has 6 heteroatoms. The number of hydrogen-bond donors (Lipinski definition) is 0. The van der Waals surface area contributed by atoms with Crippen LogP contribution in [0, 0.1) is 0 Å². The topological polar surface area (TPSA) is 55.3 Å². The molecule has 1 unspecified atom stereocenters. The first kappa shape index (κ1) is 12.3. The summed E-state index contributed by atoms with van der Waals surface area (Å²) in [6.45, 7) is 0.814. The van der Waals surface area contributed by atoms with Crippen LogP contribution in [0.25, 0.3) is 0 Å². The summed E-state index contributed by atoms with van der Waals surface area (Å²) >= 11 is 3.31. The van der Waals surface area contributed by atoms with Gasteiger partial charge in [-0.1, -0.05) is 0 Å². The summed E-state index contributed by atoms with van der Waals surface area (Å²) in [5.74, 6) is 1.05. The van der Waals surface area contributed by atoms with E-state index in [1.807, 2.05) is 4.90 Å². The van der Waals surface area contributed by atoms with Gasteiger partial charge in [-0.25, -0.2) is 4.98 Å². The molecule has 1 saturated heterocycles. The van der Waals surface area contributed by atoms with Crippen molar-refractivity contribution in [2.45, 2.75) is 25.3 Å². The Hall–Kier alpha value is -1.17. The Labute approximate surface area is 108 Å². The summed E-state index contributed by atoms with van der Waals surface area (Å²) in [5.41, 5.74) is 0. The fourth-order valence-corrected chi connectivity index (χ4v) is 2.32. The highest BCUT2D eigenvalue weighted by Gasteiger charge is 2.24. The van der Waals surface area contributed by atoms with Crippen molar-refractivity contribution in [3.8, 4) is 5.88 Å². The van der Waals surface area contributed by atoms with Crippen molar-refractivity contribution in [1.82, 2.24) is 9.97 Å². The average molecular weight is 300 g/mol. The smallest absolute Gasteiger partial charge is 0.232 e. The van der Waals surface area contributed by atoms with E-state index in [4.69, 9.17) is 4.74 Å². The van der Waals surface area contributed by atoms with Gasteiger partial charge in [-0.2, -0.15) is 4.98 Å². The number of aromatic nitrogens is 2. The fourth-order valence-electron chi connectivity index (χ4n) is 1.97. The van der Waals surface area contributed by atoms with Gasteiger partial charge in [0.1, 0.15) is 6.29 Å². The van der Waals surface area contributed by atoms with Crippen molar-refractivity contribution in [2.75, 3.05) is 18.6 Å². The van der Waals surface area contributed by atoms with Crippen molar-refractivity contribution >= 4 is 28.2 Å². The molecule has 1 aliphatic heterocycles. The summed E-state index contributed by atoms with van der Waals surface area (Å²) < 4.78 is 5.84. The number of halogens is 1. The zero-order valence-electron chi connectivity index (χ0n) is 9.60. The first-order valence-electron chi connectivity index (χ1n) is 5.54. The number of rotatable bonds is 3. The molecule has 92 valence electrons. The normalized spacial score (nSPS) is 20.1. The highest BCUT2D eigenvalue weighted by atomic mass is 79.9. The largest absolute Gasteiger partial charge is 0.480 e. The maximum absolute atomic E-state index is 11.0. The summed E-state index contributed by atoms with van der Waals surface area (Å²) in [7, 11) is 1.56. The molecule has 0 radical (unpaired) electrons. The number of carbonyl (C=O) groups is 1. The Morgan fingerprint density at radius 3 is 3.12 bits per heavy atom. The minimum Gasteiger partial charge on any atom is -0.480 e. The minimum atomic E-state index is -0.116. The van der Waals surface area contributed by atoms with Crippen LogP contribution in [0.5, 0.6) is 5.88 Å². The average Bonchev–Trinajstić information content (AvgIpc) is 2.39. The number of hydrogen-bond acceptors (Lipinski definition) is 5. The predicted octanol–water partition coefficient (Wildman–Crippen LogP) is 1.81. The van der Waals surface area contributed by atoms with Gasteiger partial charge >= 0.3 is 0 Å². The van der Waals surface area contributed by atoms with E-state index < -0.39 is 0 Å². The quantitative estimate of drug-likeness (QED) is 0.797. The minimum absolute atomic E-state index is 0.116. The van der Waals surface area contributed by atoms with Crippen molar-refractivity contribution in [3.63, 3.8) is 0 Å². The van der Waals surface area contributed by atoms with Crippen LogP contribution < -0.4 is 9.64 Å². The molecule has 0 spiro atoms. The van der Waals surface area contributed by atoms with E-state index in [0.717, 1.165) is 32.1 Å². The molecular formula is C11H14BrN3O2. The van der Waals surface area contributed by atoms with Crippen LogP contribution >= 0.6 is 15.9 Å². The van der Waals surface area contributed by atoms with E-state index >= 15 is 0 Å². The number of carbonyl (C=O) groups excluding carboxylic acids is 1. The lowest BCUT2D eigenvalue weighted by Gasteiger charge is -2.32. The van der Waals surface area contributed by atoms with Crippen LogP contribution in [-0.2, 0) is 4.79 Å². The maximum Gasteiger partial charge on any atom is 0.232 e. The third-order valence-corrected chi connectivity index (χ3v) is 3.40. The Morgan fingerprint density at radius 2 is 2.41 bits per heavy atom. The first-order chi connectivity index (χ1) is 8.26. The molecule has 0 aliphatic carbocycles. The van der Waals surface area contributed by atoms with Gasteiger partial charge in [0.05, 0.1) is 23.8 Å². The van der Waals surface area contributed by atoms with E-state index in [1.54, 1.807) is 13.3 Å². The second-order valence-corrected chi connectivity index (χ2v) is 4.77. The fraction of sp³-hybridized carbons (Fsp3) is 0.545. The Bertz CT molecular complexity index is 414. The number of aldehydes is 1. The third kappa shape index (κ3) is 2.57. The molecule has 2 heterocycles. The molecule has 0 amide bonds. The maximum atomic E-state index is 11.0. The number of piperidine rings is 1. The summed E-state index contributed by atoms with van der Waals surface area (Å²) in [6.07, 6.45) is 5.62. The lowest BCUT2D eigenvalue weighted by Crippen LogP contribution is -2.41. The second kappa shape index (κ2) is 5.44. The molecule has 5 nitrogen and oxygen atoms in total. The van der Waals surface area contributed by atoms with Crippen molar-refractivity contribution in [1.29, 1.82) is 0 Å². The van der Waals surface area contributed by atoms with Gasteiger partial charge in [-0.15, -0.1) is 0 Å². The van der Waals surface area contributed by atoms with E-state index in [9.17, 15) is 4.79 Å². The zero-order chi connectivity index (χ0) is 12.3. The third-order valence-electron chi connectivity index (χ3n) is 2.86. The number of methoxy groups -OCH3 is 1. The van der Waals surface area contributed by atoms with Gasteiger partial charge in [0, 0.05) is 6.54 Å². The molecule has 1 aromatic rings. The van der Waals surface area contributed by atoms with Gasteiger partial charge in [-0.3, -0.25) is 0 Å². The van der Waals surface area contributed by atoms with Crippen molar-refractivity contribution in [3.05, 3.63) is 10.7 Å². The van der Waals surface area contributed by atoms with Gasteiger partial charge in [0.15, 0.2) is 0 Å². The van der Waals surface area contributed by atoms with Gasteiger partial charge < -0.3 is 14.4 Å². The SMILES string of the molecule is COc1nc(N2CCCCC2C=O)ncc1Br. The van der Waals surface area contributed by atoms with Crippen LogP contribution in [0.4, 0.5) is 5.95 Å². The number of ether oxygens (including phenoxy) is 1. The standard InChI is InChI=1S/C11H14BrN3O2/c1-17-10-9(12)6-13-11(14-10)15-5-3-2-4-8(15)7-16/h6-8H,2-5H2,1H3. The summed E-state index contributed by atoms with van der Waals surface area (Å²) in [5, 5.41) is 0. The summed E-state index contributed by atoms with van der Waals surface area (Å²) in [4.78, 5) is 21.5. The van der Waals surface area contributed by atoms with Gasteiger partial charge in [0.2, 0.25) is 11.8 Å². The molecule has 0 N–H and O–H groups in total. The van der Waals surface area contributed by atoms with Crippen molar-refractivity contribution in [2.24, 2.45) is 0 Å². The van der Waals surface area contributed by atoms with E-state index in [-0.39, 0.29) is 6.04 Å². The molecule has 1 atom stereocenters. The Kier molecular flexibility index (Phi) is 3.93. The first-order valence-corrected chi connectivity index (χ1v) is 6.34. The molecule has 2 rings (SSSR count). The monoisotopic (exact) mass is 299 g/mol. The lowest BCUT2D eigenvalue weighted by molar-refractivity contribution is -0.109. The van der Waals surface area contributed by atoms with Gasteiger partial charge in [0.25, 0.3) is 0 Å².